The van der Waals surface area contributed by atoms with Crippen molar-refractivity contribution < 1.29 is 14.0 Å². The number of carbonyl (C=O) groups excluding carboxylic acids is 2. The van der Waals surface area contributed by atoms with E-state index < -0.39 is 5.91 Å². The second-order valence-corrected chi connectivity index (χ2v) is 7.00. The van der Waals surface area contributed by atoms with E-state index in [1.807, 2.05) is 23.1 Å². The van der Waals surface area contributed by atoms with Gasteiger partial charge in [-0.15, -0.1) is 11.8 Å². The molecule has 0 radical (unpaired) electrons. The molecule has 2 N–H and O–H groups in total. The first-order valence-electron chi connectivity index (χ1n) is 8.35. The fourth-order valence-corrected chi connectivity index (χ4v) is 3.73. The van der Waals surface area contributed by atoms with Gasteiger partial charge in [0.25, 0.3) is 5.91 Å². The Morgan fingerprint density at radius 3 is 2.35 bits per heavy atom. The molecule has 26 heavy (non-hydrogen) atoms. The second-order valence-electron chi connectivity index (χ2n) is 5.98. The quantitative estimate of drug-likeness (QED) is 0.817. The molecule has 0 unspecified atom stereocenters. The molecular weight excluding hydrogens is 353 g/mol. The third-order valence-electron chi connectivity index (χ3n) is 4.25. The molecule has 1 saturated heterocycles. The number of rotatable bonds is 5. The minimum absolute atomic E-state index is 0.0780. The maximum atomic E-state index is 13.9. The van der Waals surface area contributed by atoms with Crippen molar-refractivity contribution in [2.24, 2.45) is 5.73 Å². The zero-order chi connectivity index (χ0) is 18.5. The van der Waals surface area contributed by atoms with Crippen LogP contribution in [0, 0.1) is 5.82 Å². The van der Waals surface area contributed by atoms with Crippen LogP contribution in [0.3, 0.4) is 0 Å². The molecule has 0 aromatic heterocycles. The lowest BCUT2D eigenvalue weighted by atomic mass is 10.1. The van der Waals surface area contributed by atoms with Crippen LogP contribution in [-0.4, -0.2) is 48.6 Å². The summed E-state index contributed by atoms with van der Waals surface area (Å²) in [5.41, 5.74) is 6.34. The van der Waals surface area contributed by atoms with E-state index in [0.29, 0.717) is 37.4 Å². The Labute approximate surface area is 156 Å². The second kappa shape index (κ2) is 8.23. The number of thioether (sulfide) groups is 1. The van der Waals surface area contributed by atoms with Crippen molar-refractivity contribution in [1.29, 1.82) is 0 Å². The molecule has 1 fully saturated rings. The summed E-state index contributed by atoms with van der Waals surface area (Å²) >= 11 is 1.26. The summed E-state index contributed by atoms with van der Waals surface area (Å²) in [6, 6.07) is 13.9. The zero-order valence-electron chi connectivity index (χ0n) is 14.2. The minimum Gasteiger partial charge on any atom is -0.369 e. The molecule has 1 aliphatic heterocycles. The average molecular weight is 373 g/mol. The van der Waals surface area contributed by atoms with Gasteiger partial charge < -0.3 is 15.5 Å². The van der Waals surface area contributed by atoms with Crippen LogP contribution in [0.15, 0.2) is 53.4 Å². The van der Waals surface area contributed by atoms with Crippen molar-refractivity contribution in [1.82, 2.24) is 4.90 Å². The van der Waals surface area contributed by atoms with E-state index in [9.17, 15) is 14.0 Å². The zero-order valence-corrected chi connectivity index (χ0v) is 15.0. The van der Waals surface area contributed by atoms with Crippen LogP contribution in [0.4, 0.5) is 10.1 Å². The third-order valence-corrected chi connectivity index (χ3v) is 5.34. The Hall–Kier alpha value is -2.54. The van der Waals surface area contributed by atoms with Crippen molar-refractivity contribution in [2.45, 2.75) is 4.90 Å². The van der Waals surface area contributed by atoms with Crippen molar-refractivity contribution in [2.75, 3.05) is 36.8 Å². The standard InChI is InChI=1S/C19H20FN3O2S/c20-15-6-2-3-7-16(15)22-9-11-23(12-10-22)19(25)14-5-1-4-8-17(14)26-13-18(21)24/h1-8H,9-13H2,(H2,21,24). The number of halogens is 1. The van der Waals surface area contributed by atoms with Gasteiger partial charge in [0, 0.05) is 31.1 Å². The Balaban J connectivity index is 1.67. The molecule has 0 aliphatic carbocycles. The SMILES string of the molecule is NC(=O)CSc1ccccc1C(=O)N1CCN(c2ccccc2F)CC1. The predicted molar refractivity (Wildman–Crippen MR) is 101 cm³/mol. The van der Waals surface area contributed by atoms with E-state index in [2.05, 4.69) is 0 Å². The number of amides is 2. The van der Waals surface area contributed by atoms with Crippen molar-refractivity contribution in [3.05, 3.63) is 59.9 Å². The molecule has 2 amide bonds. The third kappa shape index (κ3) is 4.16. The summed E-state index contributed by atoms with van der Waals surface area (Å²) < 4.78 is 13.9. The normalized spacial score (nSPS) is 14.3. The largest absolute Gasteiger partial charge is 0.369 e. The van der Waals surface area contributed by atoms with Crippen molar-refractivity contribution in [3.8, 4) is 0 Å². The summed E-state index contributed by atoms with van der Waals surface area (Å²) in [5, 5.41) is 0. The number of primary amides is 1. The molecule has 1 aliphatic rings. The minimum atomic E-state index is -0.421. The van der Waals surface area contributed by atoms with Gasteiger partial charge in [0.05, 0.1) is 17.0 Å². The van der Waals surface area contributed by atoms with Crippen LogP contribution in [0.5, 0.6) is 0 Å². The van der Waals surface area contributed by atoms with Gasteiger partial charge in [0.1, 0.15) is 5.82 Å². The van der Waals surface area contributed by atoms with E-state index >= 15 is 0 Å². The molecule has 1 heterocycles. The molecule has 2 aromatic rings. The lowest BCUT2D eigenvalue weighted by Gasteiger charge is -2.36. The smallest absolute Gasteiger partial charge is 0.255 e. The molecule has 5 nitrogen and oxygen atoms in total. The molecule has 0 saturated carbocycles. The first-order chi connectivity index (χ1) is 12.6. The van der Waals surface area contributed by atoms with Crippen molar-refractivity contribution in [3.63, 3.8) is 0 Å². The highest BCUT2D eigenvalue weighted by atomic mass is 32.2. The van der Waals surface area contributed by atoms with Gasteiger partial charge >= 0.3 is 0 Å². The van der Waals surface area contributed by atoms with Gasteiger partial charge in [-0.05, 0) is 24.3 Å². The topological polar surface area (TPSA) is 66.6 Å². The number of nitrogens with zero attached hydrogens (tertiary/aromatic N) is 2. The predicted octanol–water partition coefficient (Wildman–Crippen LogP) is 2.37. The summed E-state index contributed by atoms with van der Waals surface area (Å²) in [4.78, 5) is 28.4. The number of hydrogen-bond acceptors (Lipinski definition) is 4. The highest BCUT2D eigenvalue weighted by Crippen LogP contribution is 2.25. The fraction of sp³-hybridized carbons (Fsp3) is 0.263. The number of benzene rings is 2. The number of carbonyl (C=O) groups is 2. The summed E-state index contributed by atoms with van der Waals surface area (Å²) in [5.74, 6) is -0.618. The lowest BCUT2D eigenvalue weighted by Crippen LogP contribution is -2.49. The van der Waals surface area contributed by atoms with E-state index in [-0.39, 0.29) is 17.5 Å². The monoisotopic (exact) mass is 373 g/mol. The van der Waals surface area contributed by atoms with Crippen LogP contribution in [0.1, 0.15) is 10.4 Å². The molecule has 0 bridgehead atoms. The van der Waals surface area contributed by atoms with Gasteiger partial charge in [-0.2, -0.15) is 0 Å². The van der Waals surface area contributed by atoms with Crippen LogP contribution in [-0.2, 0) is 4.79 Å². The number of anilines is 1. The highest BCUT2D eigenvalue weighted by molar-refractivity contribution is 8.00. The lowest BCUT2D eigenvalue weighted by molar-refractivity contribution is -0.115. The maximum Gasteiger partial charge on any atom is 0.255 e. The van der Waals surface area contributed by atoms with Crippen LogP contribution in [0.25, 0.3) is 0 Å². The molecular formula is C19H20FN3O2S. The Bertz CT molecular complexity index is 807. The first kappa shape index (κ1) is 18.3. The van der Waals surface area contributed by atoms with E-state index in [0.717, 1.165) is 4.90 Å². The van der Waals surface area contributed by atoms with E-state index in [1.165, 1.54) is 17.8 Å². The maximum absolute atomic E-state index is 13.9. The first-order valence-corrected chi connectivity index (χ1v) is 9.33. The van der Waals surface area contributed by atoms with Gasteiger partial charge in [-0.25, -0.2) is 4.39 Å². The van der Waals surface area contributed by atoms with Gasteiger partial charge in [-0.3, -0.25) is 9.59 Å². The molecule has 3 rings (SSSR count). The van der Waals surface area contributed by atoms with Crippen LogP contribution < -0.4 is 10.6 Å². The number of hydrogen-bond donors (Lipinski definition) is 1. The molecule has 136 valence electrons. The number of nitrogens with two attached hydrogens (primary N) is 1. The van der Waals surface area contributed by atoms with Gasteiger partial charge in [0.15, 0.2) is 0 Å². The number of para-hydroxylation sites is 1. The Kier molecular flexibility index (Phi) is 5.78. The van der Waals surface area contributed by atoms with Gasteiger partial charge in [-0.1, -0.05) is 24.3 Å². The molecule has 0 atom stereocenters. The van der Waals surface area contributed by atoms with Crippen molar-refractivity contribution >= 4 is 29.3 Å². The molecule has 7 heteroatoms. The summed E-state index contributed by atoms with van der Waals surface area (Å²) in [7, 11) is 0. The Morgan fingerprint density at radius 1 is 1.00 bits per heavy atom. The highest BCUT2D eigenvalue weighted by Gasteiger charge is 2.25. The van der Waals surface area contributed by atoms with E-state index in [4.69, 9.17) is 5.73 Å². The average Bonchev–Trinajstić information content (AvgIpc) is 2.66. The number of piperazine rings is 1. The molecule has 2 aromatic carbocycles. The van der Waals surface area contributed by atoms with Gasteiger partial charge in [0.2, 0.25) is 5.91 Å². The Morgan fingerprint density at radius 2 is 1.65 bits per heavy atom. The van der Waals surface area contributed by atoms with Crippen LogP contribution in [0.2, 0.25) is 0 Å². The summed E-state index contributed by atoms with van der Waals surface area (Å²) in [6.45, 7) is 2.18. The fourth-order valence-electron chi connectivity index (χ4n) is 2.95. The molecule has 0 spiro atoms. The van der Waals surface area contributed by atoms with E-state index in [1.54, 1.807) is 29.2 Å². The van der Waals surface area contributed by atoms with Crippen LogP contribution >= 0.6 is 11.8 Å². The summed E-state index contributed by atoms with van der Waals surface area (Å²) in [6.07, 6.45) is 0.